The van der Waals surface area contributed by atoms with Crippen molar-refractivity contribution in [1.82, 2.24) is 9.21 Å². The van der Waals surface area contributed by atoms with Gasteiger partial charge in [0.1, 0.15) is 4.90 Å². The molecule has 138 valence electrons. The van der Waals surface area contributed by atoms with E-state index in [1.165, 1.54) is 23.2 Å². The smallest absolute Gasteiger partial charge is 0.244 e. The summed E-state index contributed by atoms with van der Waals surface area (Å²) in [5.41, 5.74) is 0. The van der Waals surface area contributed by atoms with Crippen LogP contribution in [-0.2, 0) is 14.8 Å². The lowest BCUT2D eigenvalue weighted by Crippen LogP contribution is -2.47. The van der Waals surface area contributed by atoms with Gasteiger partial charge in [-0.15, -0.1) is 0 Å². The minimum Gasteiger partial charge on any atom is -0.342 e. The van der Waals surface area contributed by atoms with Crippen LogP contribution in [0.4, 0.5) is 0 Å². The number of carbonyl (C=O) groups excluding carboxylic acids is 1. The fraction of sp³-hybridized carbons (Fsp3) is 0.611. The second kappa shape index (κ2) is 8.06. The van der Waals surface area contributed by atoms with E-state index in [2.05, 4.69) is 0 Å². The Morgan fingerprint density at radius 2 is 1.68 bits per heavy atom. The Kier molecular flexibility index (Phi) is 6.02. The average Bonchev–Trinajstić information content (AvgIpc) is 2.91. The van der Waals surface area contributed by atoms with E-state index in [-0.39, 0.29) is 28.3 Å². The first-order valence-electron chi connectivity index (χ1n) is 9.03. The Morgan fingerprint density at radius 1 is 1.00 bits per heavy atom. The lowest BCUT2D eigenvalue weighted by molar-refractivity contribution is -0.136. The molecule has 1 amide bonds. The van der Waals surface area contributed by atoms with Gasteiger partial charge in [-0.3, -0.25) is 4.79 Å². The van der Waals surface area contributed by atoms with Crippen molar-refractivity contribution in [3.05, 3.63) is 29.3 Å². The average molecular weight is 385 g/mol. The predicted octanol–water partition coefficient (Wildman–Crippen LogP) is 3.14. The lowest BCUT2D eigenvalue weighted by atomic mass is 9.98. The van der Waals surface area contributed by atoms with E-state index in [9.17, 15) is 13.2 Å². The quantitative estimate of drug-likeness (QED) is 0.804. The molecule has 7 heteroatoms. The van der Waals surface area contributed by atoms with Crippen molar-refractivity contribution < 1.29 is 13.2 Å². The van der Waals surface area contributed by atoms with Crippen LogP contribution in [0.15, 0.2) is 29.2 Å². The summed E-state index contributed by atoms with van der Waals surface area (Å²) >= 11 is 6.09. The third-order valence-electron chi connectivity index (χ3n) is 5.11. The van der Waals surface area contributed by atoms with Crippen molar-refractivity contribution in [1.29, 1.82) is 0 Å². The SMILES string of the molecule is O=C(C1CCCN(S(=O)(=O)c2ccccc2Cl)C1)N1CCCCCC1. The maximum atomic E-state index is 12.9. The molecule has 25 heavy (non-hydrogen) atoms. The monoisotopic (exact) mass is 384 g/mol. The second-order valence-corrected chi connectivity index (χ2v) is 9.19. The molecule has 2 aliphatic rings. The van der Waals surface area contributed by atoms with Gasteiger partial charge in [0.15, 0.2) is 0 Å². The number of carbonyl (C=O) groups is 1. The van der Waals surface area contributed by atoms with Crippen molar-refractivity contribution in [3.8, 4) is 0 Å². The van der Waals surface area contributed by atoms with Gasteiger partial charge >= 0.3 is 0 Å². The van der Waals surface area contributed by atoms with E-state index in [4.69, 9.17) is 11.6 Å². The van der Waals surface area contributed by atoms with Gasteiger partial charge in [0.25, 0.3) is 0 Å². The van der Waals surface area contributed by atoms with Gasteiger partial charge < -0.3 is 4.90 Å². The number of halogens is 1. The molecule has 0 radical (unpaired) electrons. The molecule has 0 bridgehead atoms. The molecule has 2 heterocycles. The maximum absolute atomic E-state index is 12.9. The normalized spacial score (nSPS) is 23.2. The first-order valence-corrected chi connectivity index (χ1v) is 10.9. The molecule has 1 unspecified atom stereocenters. The molecule has 0 aliphatic carbocycles. The van der Waals surface area contributed by atoms with Crippen molar-refractivity contribution in [2.24, 2.45) is 5.92 Å². The summed E-state index contributed by atoms with van der Waals surface area (Å²) in [6.07, 6.45) is 5.88. The summed E-state index contributed by atoms with van der Waals surface area (Å²) < 4.78 is 27.3. The molecular weight excluding hydrogens is 360 g/mol. The van der Waals surface area contributed by atoms with Crippen LogP contribution >= 0.6 is 11.6 Å². The topological polar surface area (TPSA) is 57.7 Å². The molecule has 1 aromatic rings. The lowest BCUT2D eigenvalue weighted by Gasteiger charge is -2.34. The fourth-order valence-electron chi connectivity index (χ4n) is 3.70. The molecule has 0 N–H and O–H groups in total. The Hall–Kier alpha value is -1.11. The maximum Gasteiger partial charge on any atom is 0.244 e. The zero-order valence-corrected chi connectivity index (χ0v) is 15.9. The Labute approximate surface area is 155 Å². The number of amides is 1. The van der Waals surface area contributed by atoms with E-state index >= 15 is 0 Å². The van der Waals surface area contributed by atoms with E-state index < -0.39 is 10.0 Å². The first kappa shape index (κ1) is 18.7. The van der Waals surface area contributed by atoms with Crippen LogP contribution in [0.1, 0.15) is 38.5 Å². The van der Waals surface area contributed by atoms with Crippen LogP contribution < -0.4 is 0 Å². The van der Waals surface area contributed by atoms with Gasteiger partial charge in [-0.05, 0) is 37.8 Å². The molecule has 3 rings (SSSR count). The summed E-state index contributed by atoms with van der Waals surface area (Å²) in [6, 6.07) is 6.49. The number of piperidine rings is 1. The molecule has 2 fully saturated rings. The first-order chi connectivity index (χ1) is 12.0. The molecule has 1 aromatic carbocycles. The molecule has 1 atom stereocenters. The molecule has 2 aliphatic heterocycles. The summed E-state index contributed by atoms with van der Waals surface area (Å²) in [7, 11) is -3.67. The van der Waals surface area contributed by atoms with Crippen LogP contribution in [-0.4, -0.2) is 49.7 Å². The number of hydrogen-bond acceptors (Lipinski definition) is 3. The molecule has 0 spiro atoms. The third kappa shape index (κ3) is 4.18. The summed E-state index contributed by atoms with van der Waals surface area (Å²) in [4.78, 5) is 14.9. The van der Waals surface area contributed by atoms with Crippen LogP contribution in [0.5, 0.6) is 0 Å². The Morgan fingerprint density at radius 3 is 2.36 bits per heavy atom. The summed E-state index contributed by atoms with van der Waals surface area (Å²) in [5.74, 6) is -0.134. The summed E-state index contributed by atoms with van der Waals surface area (Å²) in [5, 5.41) is 0.225. The fourth-order valence-corrected chi connectivity index (χ4v) is 5.72. The van der Waals surface area contributed by atoms with Gasteiger partial charge in [-0.2, -0.15) is 4.31 Å². The Bertz CT molecular complexity index is 715. The van der Waals surface area contributed by atoms with E-state index in [1.54, 1.807) is 18.2 Å². The number of sulfonamides is 1. The van der Waals surface area contributed by atoms with E-state index in [1.807, 2.05) is 4.90 Å². The number of nitrogens with zero attached hydrogens (tertiary/aromatic N) is 2. The minimum atomic E-state index is -3.67. The molecular formula is C18H25ClN2O3S. The van der Waals surface area contributed by atoms with Gasteiger partial charge in [-0.25, -0.2) is 8.42 Å². The zero-order valence-electron chi connectivity index (χ0n) is 14.4. The van der Waals surface area contributed by atoms with E-state index in [0.717, 1.165) is 32.4 Å². The number of likely N-dealkylation sites (tertiary alicyclic amines) is 1. The van der Waals surface area contributed by atoms with Crippen molar-refractivity contribution in [2.75, 3.05) is 26.2 Å². The van der Waals surface area contributed by atoms with Crippen LogP contribution in [0.3, 0.4) is 0 Å². The number of benzene rings is 1. The highest BCUT2D eigenvalue weighted by atomic mass is 35.5. The molecule has 0 saturated carbocycles. The van der Waals surface area contributed by atoms with Crippen LogP contribution in [0.25, 0.3) is 0 Å². The standard InChI is InChI=1S/C18H25ClN2O3S/c19-16-9-3-4-10-17(16)25(23,24)21-13-7-8-15(14-21)18(22)20-11-5-1-2-6-12-20/h3-4,9-10,15H,1-2,5-8,11-14H2. The van der Waals surface area contributed by atoms with E-state index in [0.29, 0.717) is 13.0 Å². The highest BCUT2D eigenvalue weighted by Gasteiger charge is 2.35. The summed E-state index contributed by atoms with van der Waals surface area (Å²) in [6.45, 7) is 2.29. The van der Waals surface area contributed by atoms with Gasteiger partial charge in [0, 0.05) is 26.2 Å². The van der Waals surface area contributed by atoms with Crippen LogP contribution in [0, 0.1) is 5.92 Å². The second-order valence-electron chi connectivity index (χ2n) is 6.87. The van der Waals surface area contributed by atoms with Gasteiger partial charge in [0.2, 0.25) is 15.9 Å². The number of hydrogen-bond donors (Lipinski definition) is 0. The van der Waals surface area contributed by atoms with Gasteiger partial charge in [0.05, 0.1) is 10.9 Å². The molecule has 0 aromatic heterocycles. The zero-order chi connectivity index (χ0) is 17.9. The van der Waals surface area contributed by atoms with Crippen molar-refractivity contribution in [2.45, 2.75) is 43.4 Å². The largest absolute Gasteiger partial charge is 0.342 e. The van der Waals surface area contributed by atoms with Crippen molar-refractivity contribution in [3.63, 3.8) is 0 Å². The number of rotatable bonds is 3. The van der Waals surface area contributed by atoms with Gasteiger partial charge in [-0.1, -0.05) is 36.6 Å². The third-order valence-corrected chi connectivity index (χ3v) is 7.47. The Balaban J connectivity index is 1.74. The molecule has 5 nitrogen and oxygen atoms in total. The highest BCUT2D eigenvalue weighted by Crippen LogP contribution is 2.29. The predicted molar refractivity (Wildman–Crippen MR) is 98.0 cm³/mol. The van der Waals surface area contributed by atoms with Crippen molar-refractivity contribution >= 4 is 27.5 Å². The molecule has 2 saturated heterocycles. The van der Waals surface area contributed by atoms with Crippen LogP contribution in [0.2, 0.25) is 5.02 Å². The minimum absolute atomic E-state index is 0.112. The highest BCUT2D eigenvalue weighted by molar-refractivity contribution is 7.89.